The molecule has 8 heteroatoms. The SMILES string of the molecule is Cc1ccc(S(=O)(=O)Nc2cc([N+](=O)[O-])ccc2F)cc1C. The molecule has 0 aliphatic carbocycles. The third kappa shape index (κ3) is 3.22. The van der Waals surface area contributed by atoms with Gasteiger partial charge < -0.3 is 0 Å². The molecular formula is C14H13FN2O4S. The summed E-state index contributed by atoms with van der Waals surface area (Å²) in [4.78, 5) is 9.92. The standard InChI is InChI=1S/C14H13FN2O4S/c1-9-3-5-12(7-10(9)2)22(20,21)16-14-8-11(17(18)19)4-6-13(14)15/h3-8,16H,1-2H3. The van der Waals surface area contributed by atoms with Gasteiger partial charge in [0.2, 0.25) is 0 Å². The van der Waals surface area contributed by atoms with Gasteiger partial charge in [-0.3, -0.25) is 14.8 Å². The molecule has 116 valence electrons. The van der Waals surface area contributed by atoms with Gasteiger partial charge in [0.1, 0.15) is 5.82 Å². The monoisotopic (exact) mass is 324 g/mol. The highest BCUT2D eigenvalue weighted by molar-refractivity contribution is 7.92. The maximum Gasteiger partial charge on any atom is 0.271 e. The summed E-state index contributed by atoms with van der Waals surface area (Å²) in [6.45, 7) is 3.59. The zero-order valence-electron chi connectivity index (χ0n) is 11.8. The van der Waals surface area contributed by atoms with Crippen LogP contribution < -0.4 is 4.72 Å². The number of halogens is 1. The lowest BCUT2D eigenvalue weighted by Gasteiger charge is -2.10. The van der Waals surface area contributed by atoms with Gasteiger partial charge in [0.15, 0.2) is 0 Å². The molecule has 1 N–H and O–H groups in total. The zero-order chi connectivity index (χ0) is 16.5. The van der Waals surface area contributed by atoms with Crippen LogP contribution in [0.3, 0.4) is 0 Å². The second-order valence-corrected chi connectivity index (χ2v) is 6.46. The first-order chi connectivity index (χ1) is 10.2. The Bertz CT molecular complexity index is 850. The molecule has 0 radical (unpaired) electrons. The summed E-state index contributed by atoms with van der Waals surface area (Å²) in [5.41, 5.74) is 0.814. The number of nitrogens with one attached hydrogen (secondary N) is 1. The molecule has 0 fully saturated rings. The first-order valence-corrected chi connectivity index (χ1v) is 7.73. The number of sulfonamides is 1. The fraction of sp³-hybridized carbons (Fsp3) is 0.143. The molecule has 22 heavy (non-hydrogen) atoms. The number of non-ortho nitro benzene ring substituents is 1. The summed E-state index contributed by atoms with van der Waals surface area (Å²) >= 11 is 0. The van der Waals surface area contributed by atoms with Crippen LogP contribution in [-0.2, 0) is 10.0 Å². The van der Waals surface area contributed by atoms with Crippen molar-refractivity contribution >= 4 is 21.4 Å². The predicted molar refractivity (Wildman–Crippen MR) is 79.8 cm³/mol. The Kier molecular flexibility index (Phi) is 4.14. The van der Waals surface area contributed by atoms with E-state index in [4.69, 9.17) is 0 Å². The molecule has 0 aliphatic rings. The lowest BCUT2D eigenvalue weighted by Crippen LogP contribution is -2.14. The molecule has 2 aromatic carbocycles. The summed E-state index contributed by atoms with van der Waals surface area (Å²) in [7, 11) is -4.03. The van der Waals surface area contributed by atoms with E-state index in [1.165, 1.54) is 12.1 Å². The van der Waals surface area contributed by atoms with E-state index in [0.29, 0.717) is 0 Å². The van der Waals surface area contributed by atoms with E-state index in [9.17, 15) is 22.9 Å². The summed E-state index contributed by atoms with van der Waals surface area (Å²) < 4.78 is 40.2. The third-order valence-electron chi connectivity index (χ3n) is 3.19. The molecule has 0 aromatic heterocycles. The Morgan fingerprint density at radius 1 is 1.09 bits per heavy atom. The molecule has 0 aliphatic heterocycles. The normalized spacial score (nSPS) is 11.2. The van der Waals surface area contributed by atoms with Crippen molar-refractivity contribution in [2.24, 2.45) is 0 Å². The van der Waals surface area contributed by atoms with E-state index in [2.05, 4.69) is 0 Å². The van der Waals surface area contributed by atoms with Crippen LogP contribution in [0.2, 0.25) is 0 Å². The van der Waals surface area contributed by atoms with Gasteiger partial charge in [-0.05, 0) is 43.2 Å². The highest BCUT2D eigenvalue weighted by Gasteiger charge is 2.19. The van der Waals surface area contributed by atoms with Gasteiger partial charge in [-0.2, -0.15) is 0 Å². The molecule has 6 nitrogen and oxygen atoms in total. The summed E-state index contributed by atoms with van der Waals surface area (Å²) in [5, 5.41) is 10.7. The molecule has 0 saturated carbocycles. The Hall–Kier alpha value is -2.48. The lowest BCUT2D eigenvalue weighted by atomic mass is 10.1. The Morgan fingerprint density at radius 2 is 1.77 bits per heavy atom. The number of aryl methyl sites for hydroxylation is 2. The third-order valence-corrected chi connectivity index (χ3v) is 4.56. The van der Waals surface area contributed by atoms with Crippen molar-refractivity contribution < 1.29 is 17.7 Å². The molecule has 0 saturated heterocycles. The van der Waals surface area contributed by atoms with E-state index < -0.39 is 32.1 Å². The van der Waals surface area contributed by atoms with Crippen molar-refractivity contribution in [2.45, 2.75) is 18.7 Å². The van der Waals surface area contributed by atoms with E-state index in [1.54, 1.807) is 13.0 Å². The number of benzene rings is 2. The van der Waals surface area contributed by atoms with Crippen LogP contribution in [0.1, 0.15) is 11.1 Å². The average Bonchev–Trinajstić information content (AvgIpc) is 2.43. The quantitative estimate of drug-likeness (QED) is 0.691. The van der Waals surface area contributed by atoms with Crippen LogP contribution in [0.15, 0.2) is 41.3 Å². The van der Waals surface area contributed by atoms with E-state index >= 15 is 0 Å². The van der Waals surface area contributed by atoms with Crippen LogP contribution in [-0.4, -0.2) is 13.3 Å². The molecular weight excluding hydrogens is 311 g/mol. The minimum atomic E-state index is -4.03. The molecule has 0 atom stereocenters. The Balaban J connectivity index is 2.42. The molecule has 0 amide bonds. The van der Waals surface area contributed by atoms with Crippen LogP contribution in [0.5, 0.6) is 0 Å². The van der Waals surface area contributed by atoms with Gasteiger partial charge in [-0.25, -0.2) is 12.8 Å². The van der Waals surface area contributed by atoms with Crippen LogP contribution >= 0.6 is 0 Å². The largest absolute Gasteiger partial charge is 0.276 e. The zero-order valence-corrected chi connectivity index (χ0v) is 12.6. The van der Waals surface area contributed by atoms with Crippen molar-refractivity contribution in [1.29, 1.82) is 0 Å². The first-order valence-electron chi connectivity index (χ1n) is 6.25. The van der Waals surface area contributed by atoms with Crippen molar-refractivity contribution in [2.75, 3.05) is 4.72 Å². The van der Waals surface area contributed by atoms with Crippen molar-refractivity contribution in [1.82, 2.24) is 0 Å². The Morgan fingerprint density at radius 3 is 2.36 bits per heavy atom. The van der Waals surface area contributed by atoms with Gasteiger partial charge in [0, 0.05) is 12.1 Å². The van der Waals surface area contributed by atoms with Crippen LogP contribution in [0, 0.1) is 29.8 Å². The second-order valence-electron chi connectivity index (χ2n) is 4.77. The van der Waals surface area contributed by atoms with Gasteiger partial charge in [0.25, 0.3) is 15.7 Å². The topological polar surface area (TPSA) is 89.3 Å². The highest BCUT2D eigenvalue weighted by Crippen LogP contribution is 2.24. The smallest absolute Gasteiger partial charge is 0.271 e. The molecule has 0 heterocycles. The van der Waals surface area contributed by atoms with Gasteiger partial charge in [0.05, 0.1) is 15.5 Å². The molecule has 0 unspecified atom stereocenters. The number of rotatable bonds is 4. The van der Waals surface area contributed by atoms with E-state index in [-0.39, 0.29) is 4.90 Å². The van der Waals surface area contributed by atoms with Crippen molar-refractivity contribution in [3.63, 3.8) is 0 Å². The number of hydrogen-bond donors (Lipinski definition) is 1. The molecule has 2 rings (SSSR count). The number of nitro benzene ring substituents is 1. The molecule has 0 bridgehead atoms. The number of anilines is 1. The van der Waals surface area contributed by atoms with Crippen molar-refractivity contribution in [3.05, 3.63) is 63.5 Å². The average molecular weight is 324 g/mol. The number of nitrogens with zero attached hydrogens (tertiary/aromatic N) is 1. The fourth-order valence-corrected chi connectivity index (χ4v) is 2.93. The number of hydrogen-bond acceptors (Lipinski definition) is 4. The van der Waals surface area contributed by atoms with Gasteiger partial charge in [-0.15, -0.1) is 0 Å². The second kappa shape index (κ2) is 5.72. The van der Waals surface area contributed by atoms with Gasteiger partial charge >= 0.3 is 0 Å². The minimum Gasteiger partial charge on any atom is -0.276 e. The van der Waals surface area contributed by atoms with Crippen molar-refractivity contribution in [3.8, 4) is 0 Å². The summed E-state index contributed by atoms with van der Waals surface area (Å²) in [6, 6.07) is 7.12. The van der Waals surface area contributed by atoms with E-state index in [0.717, 1.165) is 29.3 Å². The summed E-state index contributed by atoms with van der Waals surface area (Å²) in [5.74, 6) is -0.891. The van der Waals surface area contributed by atoms with Gasteiger partial charge in [-0.1, -0.05) is 6.07 Å². The summed E-state index contributed by atoms with van der Waals surface area (Å²) in [6.07, 6.45) is 0. The molecule has 0 spiro atoms. The maximum absolute atomic E-state index is 13.7. The Labute approximate surface area is 126 Å². The predicted octanol–water partition coefficient (Wildman–Crippen LogP) is 3.15. The highest BCUT2D eigenvalue weighted by atomic mass is 32.2. The first kappa shape index (κ1) is 15.9. The fourth-order valence-electron chi connectivity index (χ4n) is 1.79. The lowest BCUT2D eigenvalue weighted by molar-refractivity contribution is -0.384. The maximum atomic E-state index is 13.7. The van der Waals surface area contributed by atoms with Crippen LogP contribution in [0.4, 0.5) is 15.8 Å². The number of nitro groups is 1. The van der Waals surface area contributed by atoms with Crippen LogP contribution in [0.25, 0.3) is 0 Å². The molecule has 2 aromatic rings. The van der Waals surface area contributed by atoms with E-state index in [1.807, 2.05) is 11.6 Å². The minimum absolute atomic E-state index is 0.0403.